The van der Waals surface area contributed by atoms with Crippen LogP contribution in [0.3, 0.4) is 0 Å². The number of hydrogen-bond acceptors (Lipinski definition) is 5. The Bertz CT molecular complexity index is 1160. The third-order valence-corrected chi connectivity index (χ3v) is 8.13. The van der Waals surface area contributed by atoms with E-state index >= 15 is 0 Å². The van der Waals surface area contributed by atoms with Crippen LogP contribution in [0.15, 0.2) is 42.5 Å². The molecule has 0 aromatic heterocycles. The summed E-state index contributed by atoms with van der Waals surface area (Å²) in [5.41, 5.74) is 3.61. The monoisotopic (exact) mass is 513 g/mol. The van der Waals surface area contributed by atoms with E-state index in [-0.39, 0.29) is 17.9 Å². The highest BCUT2D eigenvalue weighted by molar-refractivity contribution is 7.92. The highest BCUT2D eigenvalue weighted by Crippen LogP contribution is 2.38. The van der Waals surface area contributed by atoms with E-state index in [0.717, 1.165) is 37.0 Å². The minimum atomic E-state index is -3.59. The number of ether oxygens (including phenoxy) is 1. The Morgan fingerprint density at radius 2 is 1.64 bits per heavy atom. The summed E-state index contributed by atoms with van der Waals surface area (Å²) in [6.07, 6.45) is 5.43. The zero-order chi connectivity index (χ0) is 25.9. The summed E-state index contributed by atoms with van der Waals surface area (Å²) in [6.45, 7) is 9.79. The summed E-state index contributed by atoms with van der Waals surface area (Å²) in [5, 5.41) is 2.92. The molecule has 0 aliphatic carbocycles. The Morgan fingerprint density at radius 1 is 1.00 bits per heavy atom. The first kappa shape index (κ1) is 26.5. The van der Waals surface area contributed by atoms with Crippen molar-refractivity contribution in [2.24, 2.45) is 0 Å². The van der Waals surface area contributed by atoms with Crippen molar-refractivity contribution >= 4 is 21.6 Å². The van der Waals surface area contributed by atoms with Crippen LogP contribution in [0.5, 0.6) is 5.75 Å². The Kier molecular flexibility index (Phi) is 7.95. The zero-order valence-corrected chi connectivity index (χ0v) is 22.7. The topological polar surface area (TPSA) is 79.0 Å². The Labute approximate surface area is 215 Å². The van der Waals surface area contributed by atoms with Crippen molar-refractivity contribution in [2.75, 3.05) is 30.2 Å². The van der Waals surface area contributed by atoms with Crippen LogP contribution >= 0.6 is 0 Å². The van der Waals surface area contributed by atoms with Gasteiger partial charge in [-0.25, -0.2) is 8.42 Å². The van der Waals surface area contributed by atoms with E-state index in [2.05, 4.69) is 43.1 Å². The number of sulfonamides is 1. The molecular formula is C28H39N3O4S. The number of nitrogens with one attached hydrogen (secondary N) is 1. The van der Waals surface area contributed by atoms with Crippen LogP contribution in [0.2, 0.25) is 0 Å². The van der Waals surface area contributed by atoms with Gasteiger partial charge in [-0.1, -0.05) is 63.9 Å². The minimum absolute atomic E-state index is 0.0555. The summed E-state index contributed by atoms with van der Waals surface area (Å²) in [5.74, 6) is 0.0699. The van der Waals surface area contributed by atoms with Gasteiger partial charge < -0.3 is 10.1 Å². The average molecular weight is 514 g/mol. The lowest BCUT2D eigenvalue weighted by Crippen LogP contribution is -2.50. The molecule has 2 aromatic carbocycles. The quantitative estimate of drug-likeness (QED) is 0.626. The first-order valence-electron chi connectivity index (χ1n) is 12.9. The maximum absolute atomic E-state index is 13.0. The highest BCUT2D eigenvalue weighted by Gasteiger charge is 2.35. The summed E-state index contributed by atoms with van der Waals surface area (Å²) in [6, 6.07) is 13.9. The first-order chi connectivity index (χ1) is 17.0. The standard InChI is InChI=1S/C28H39N3O4S/c1-28(2,3)23-13-14-25-24(17-23)31(36(4,33)34)20-26(35-25)27(32)29-18-21-9-11-22(12-10-21)19-30-15-7-5-6-8-16-30/h9-14,17,26H,5-8,15-16,18-20H2,1-4H3,(H,29,32). The number of anilines is 1. The maximum atomic E-state index is 13.0. The van der Waals surface area contributed by atoms with E-state index in [4.69, 9.17) is 4.74 Å². The molecule has 0 saturated carbocycles. The molecule has 2 aliphatic rings. The van der Waals surface area contributed by atoms with Crippen molar-refractivity contribution in [1.82, 2.24) is 10.2 Å². The third-order valence-electron chi connectivity index (χ3n) is 6.98. The van der Waals surface area contributed by atoms with Crippen molar-refractivity contribution in [1.29, 1.82) is 0 Å². The molecular weight excluding hydrogens is 474 g/mol. The number of carbonyl (C=O) groups is 1. The van der Waals surface area contributed by atoms with Gasteiger partial charge in [0.25, 0.3) is 5.91 Å². The second-order valence-electron chi connectivity index (χ2n) is 11.1. The number of amides is 1. The number of rotatable bonds is 6. The Hall–Kier alpha value is -2.58. The molecule has 1 N–H and O–H groups in total. The van der Waals surface area contributed by atoms with E-state index in [1.807, 2.05) is 24.3 Å². The number of carbonyl (C=O) groups excluding carboxylic acids is 1. The van der Waals surface area contributed by atoms with Gasteiger partial charge in [-0.2, -0.15) is 0 Å². The molecule has 196 valence electrons. The van der Waals surface area contributed by atoms with E-state index in [9.17, 15) is 13.2 Å². The largest absolute Gasteiger partial charge is 0.476 e. The smallest absolute Gasteiger partial charge is 0.263 e. The SMILES string of the molecule is CC(C)(C)c1ccc2c(c1)N(S(C)(=O)=O)CC(C(=O)NCc1ccc(CN3CCCCCC3)cc1)O2. The molecule has 0 bridgehead atoms. The van der Waals surface area contributed by atoms with E-state index < -0.39 is 16.1 Å². The summed E-state index contributed by atoms with van der Waals surface area (Å²) >= 11 is 0. The van der Waals surface area contributed by atoms with Crippen molar-refractivity contribution in [3.63, 3.8) is 0 Å². The van der Waals surface area contributed by atoms with Gasteiger partial charge in [0.1, 0.15) is 5.75 Å². The van der Waals surface area contributed by atoms with Crippen LogP contribution in [-0.4, -0.2) is 51.2 Å². The van der Waals surface area contributed by atoms with Gasteiger partial charge in [-0.15, -0.1) is 0 Å². The number of hydrogen-bond donors (Lipinski definition) is 1. The van der Waals surface area contributed by atoms with Gasteiger partial charge in [0.15, 0.2) is 6.10 Å². The summed E-state index contributed by atoms with van der Waals surface area (Å²) in [7, 11) is -3.59. The van der Waals surface area contributed by atoms with Gasteiger partial charge in [0.05, 0.1) is 18.5 Å². The van der Waals surface area contributed by atoms with Gasteiger partial charge in [0.2, 0.25) is 10.0 Å². The molecule has 0 radical (unpaired) electrons. The summed E-state index contributed by atoms with van der Waals surface area (Å²) in [4.78, 5) is 15.5. The molecule has 2 heterocycles. The highest BCUT2D eigenvalue weighted by atomic mass is 32.2. The zero-order valence-electron chi connectivity index (χ0n) is 21.9. The second-order valence-corrected chi connectivity index (χ2v) is 13.0. The van der Waals surface area contributed by atoms with Crippen molar-refractivity contribution < 1.29 is 17.9 Å². The molecule has 1 amide bonds. The van der Waals surface area contributed by atoms with E-state index in [1.54, 1.807) is 6.07 Å². The molecule has 8 heteroatoms. The predicted octanol–water partition coefficient (Wildman–Crippen LogP) is 4.20. The lowest BCUT2D eigenvalue weighted by Gasteiger charge is -2.35. The molecule has 1 unspecified atom stereocenters. The normalized spacial score (nSPS) is 19.2. The predicted molar refractivity (Wildman–Crippen MR) is 144 cm³/mol. The Morgan fingerprint density at radius 3 is 2.25 bits per heavy atom. The molecule has 1 atom stereocenters. The fourth-order valence-electron chi connectivity index (χ4n) is 4.79. The fraction of sp³-hybridized carbons (Fsp3) is 0.536. The third kappa shape index (κ3) is 6.59. The van der Waals surface area contributed by atoms with Crippen LogP contribution in [-0.2, 0) is 33.3 Å². The number of likely N-dealkylation sites (tertiary alicyclic amines) is 1. The number of benzene rings is 2. The lowest BCUT2D eigenvalue weighted by molar-refractivity contribution is -0.127. The molecule has 1 fully saturated rings. The molecule has 4 rings (SSSR count). The number of fused-ring (bicyclic) bond motifs is 1. The van der Waals surface area contributed by atoms with Crippen molar-refractivity contribution in [3.8, 4) is 5.75 Å². The second kappa shape index (κ2) is 10.8. The van der Waals surface area contributed by atoms with E-state index in [1.165, 1.54) is 35.6 Å². The molecule has 2 aromatic rings. The van der Waals surface area contributed by atoms with Crippen LogP contribution < -0.4 is 14.4 Å². The summed E-state index contributed by atoms with van der Waals surface area (Å²) < 4.78 is 32.4. The number of nitrogens with zero attached hydrogens (tertiary/aromatic N) is 2. The van der Waals surface area contributed by atoms with Gasteiger partial charge in [-0.3, -0.25) is 14.0 Å². The Balaban J connectivity index is 1.39. The van der Waals surface area contributed by atoms with Crippen LogP contribution in [0, 0.1) is 0 Å². The maximum Gasteiger partial charge on any atom is 0.263 e. The van der Waals surface area contributed by atoms with E-state index in [0.29, 0.717) is 18.0 Å². The average Bonchev–Trinajstić information content (AvgIpc) is 3.10. The lowest BCUT2D eigenvalue weighted by atomic mass is 9.86. The molecule has 0 spiro atoms. The molecule has 7 nitrogen and oxygen atoms in total. The van der Waals surface area contributed by atoms with Crippen LogP contribution in [0.1, 0.15) is 63.1 Å². The van der Waals surface area contributed by atoms with Crippen LogP contribution in [0.4, 0.5) is 5.69 Å². The molecule has 2 aliphatic heterocycles. The fourth-order valence-corrected chi connectivity index (χ4v) is 5.69. The first-order valence-corrected chi connectivity index (χ1v) is 14.7. The van der Waals surface area contributed by atoms with Crippen LogP contribution in [0.25, 0.3) is 0 Å². The van der Waals surface area contributed by atoms with Crippen molar-refractivity contribution in [3.05, 3.63) is 59.2 Å². The van der Waals surface area contributed by atoms with Gasteiger partial charge in [0, 0.05) is 13.1 Å². The van der Waals surface area contributed by atoms with Gasteiger partial charge in [-0.05, 0) is 60.2 Å². The van der Waals surface area contributed by atoms with Crippen molar-refractivity contribution in [2.45, 2.75) is 71.1 Å². The molecule has 1 saturated heterocycles. The van der Waals surface area contributed by atoms with Gasteiger partial charge >= 0.3 is 0 Å². The minimum Gasteiger partial charge on any atom is -0.476 e. The molecule has 36 heavy (non-hydrogen) atoms.